The summed E-state index contributed by atoms with van der Waals surface area (Å²) in [6.07, 6.45) is 1.88. The van der Waals surface area contributed by atoms with Crippen molar-refractivity contribution in [2.45, 2.75) is 19.4 Å². The van der Waals surface area contributed by atoms with Crippen molar-refractivity contribution in [3.63, 3.8) is 0 Å². The normalized spacial score (nSPS) is 26.7. The second-order valence-corrected chi connectivity index (χ2v) is 7.04. The molecule has 1 aromatic heterocycles. The van der Waals surface area contributed by atoms with Crippen molar-refractivity contribution in [1.29, 1.82) is 0 Å². The van der Waals surface area contributed by atoms with Gasteiger partial charge >= 0.3 is 0 Å². The van der Waals surface area contributed by atoms with Gasteiger partial charge in [0.2, 0.25) is 5.91 Å². The molecule has 2 N–H and O–H groups in total. The summed E-state index contributed by atoms with van der Waals surface area (Å²) in [4.78, 5) is 17.1. The van der Waals surface area contributed by atoms with Crippen molar-refractivity contribution in [3.8, 4) is 0 Å². The second-order valence-electron chi connectivity index (χ2n) is 7.04. The van der Waals surface area contributed by atoms with Crippen LogP contribution in [0, 0.1) is 17.8 Å². The lowest BCUT2D eigenvalue weighted by Crippen LogP contribution is -2.43. The molecule has 1 aliphatic carbocycles. The van der Waals surface area contributed by atoms with Gasteiger partial charge in [-0.2, -0.15) is 0 Å². The number of nitrogens with zero attached hydrogens (tertiary/aromatic N) is 1. The van der Waals surface area contributed by atoms with Gasteiger partial charge in [0.15, 0.2) is 0 Å². The van der Waals surface area contributed by atoms with Crippen LogP contribution in [0.3, 0.4) is 0 Å². The maximum absolute atomic E-state index is 12.5. The number of hydrogen-bond acceptors (Lipinski definition) is 3. The summed E-state index contributed by atoms with van der Waals surface area (Å²) < 4.78 is 0. The summed E-state index contributed by atoms with van der Waals surface area (Å²) in [6.45, 7) is 6.02. The molecule has 1 saturated heterocycles. The summed E-state index contributed by atoms with van der Waals surface area (Å²) >= 11 is 0. The zero-order valence-corrected chi connectivity index (χ0v) is 13.0. The van der Waals surface area contributed by atoms with E-state index in [2.05, 4.69) is 33.8 Å². The highest BCUT2D eigenvalue weighted by Crippen LogP contribution is 2.49. The fourth-order valence-electron chi connectivity index (χ4n) is 3.69. The topological polar surface area (TPSA) is 54.0 Å². The minimum atomic E-state index is -0.453. The Kier molecular flexibility index (Phi) is 2.98. The van der Waals surface area contributed by atoms with Gasteiger partial charge in [-0.15, -0.1) is 0 Å². The van der Waals surface area contributed by atoms with Crippen LogP contribution in [-0.4, -0.2) is 24.0 Å². The van der Waals surface area contributed by atoms with E-state index in [0.29, 0.717) is 11.8 Å². The molecule has 1 aromatic carbocycles. The number of amides is 1. The van der Waals surface area contributed by atoms with Crippen LogP contribution in [0.2, 0.25) is 0 Å². The van der Waals surface area contributed by atoms with Gasteiger partial charge in [-0.3, -0.25) is 9.78 Å². The third-order valence-corrected chi connectivity index (χ3v) is 5.10. The van der Waals surface area contributed by atoms with Crippen LogP contribution in [0.25, 0.3) is 10.8 Å². The summed E-state index contributed by atoms with van der Waals surface area (Å²) in [5, 5.41) is 8.80. The molecule has 2 fully saturated rings. The largest absolute Gasteiger partial charge is 0.345 e. The van der Waals surface area contributed by atoms with E-state index >= 15 is 0 Å². The van der Waals surface area contributed by atoms with Crippen molar-refractivity contribution in [2.75, 3.05) is 13.1 Å². The van der Waals surface area contributed by atoms with Crippen LogP contribution in [-0.2, 0) is 10.3 Å². The Morgan fingerprint density at radius 3 is 2.64 bits per heavy atom. The van der Waals surface area contributed by atoms with E-state index in [-0.39, 0.29) is 11.8 Å². The number of carbonyl (C=O) groups is 1. The van der Waals surface area contributed by atoms with Gasteiger partial charge < -0.3 is 10.6 Å². The van der Waals surface area contributed by atoms with Crippen LogP contribution in [0.4, 0.5) is 0 Å². The molecule has 22 heavy (non-hydrogen) atoms. The van der Waals surface area contributed by atoms with Crippen molar-refractivity contribution < 1.29 is 4.79 Å². The Morgan fingerprint density at radius 2 is 1.91 bits per heavy atom. The van der Waals surface area contributed by atoms with Crippen LogP contribution >= 0.6 is 0 Å². The average Bonchev–Trinajstić information content (AvgIpc) is 3.00. The third kappa shape index (κ3) is 2.18. The van der Waals surface area contributed by atoms with Gasteiger partial charge in [0.25, 0.3) is 0 Å². The fourth-order valence-corrected chi connectivity index (χ4v) is 3.69. The molecule has 2 atom stereocenters. The van der Waals surface area contributed by atoms with E-state index in [1.54, 1.807) is 0 Å². The number of nitrogens with one attached hydrogen (secondary N) is 2. The molecule has 4 rings (SSSR count). The van der Waals surface area contributed by atoms with Crippen LogP contribution < -0.4 is 10.6 Å². The Morgan fingerprint density at radius 1 is 1.23 bits per heavy atom. The molecule has 1 aliphatic heterocycles. The lowest BCUT2D eigenvalue weighted by molar-refractivity contribution is -0.124. The maximum atomic E-state index is 12.5. The first kappa shape index (κ1) is 13.7. The highest BCUT2D eigenvalue weighted by molar-refractivity contribution is 5.84. The SMILES string of the molecule is CC(C)(NC(=O)C1C2CNCC21)c1cc2ccccc2cn1. The van der Waals surface area contributed by atoms with Gasteiger partial charge in [0.1, 0.15) is 0 Å². The second kappa shape index (κ2) is 4.78. The van der Waals surface area contributed by atoms with Gasteiger partial charge in [0.05, 0.1) is 11.2 Å². The zero-order chi connectivity index (χ0) is 15.3. The first-order valence-corrected chi connectivity index (χ1v) is 7.94. The van der Waals surface area contributed by atoms with E-state index in [1.165, 1.54) is 0 Å². The quantitative estimate of drug-likeness (QED) is 0.911. The van der Waals surface area contributed by atoms with Crippen molar-refractivity contribution in [1.82, 2.24) is 15.6 Å². The number of aromatic nitrogens is 1. The van der Waals surface area contributed by atoms with Gasteiger partial charge in [-0.1, -0.05) is 24.3 Å². The predicted molar refractivity (Wildman–Crippen MR) is 86.3 cm³/mol. The van der Waals surface area contributed by atoms with Crippen molar-refractivity contribution in [2.24, 2.45) is 17.8 Å². The number of rotatable bonds is 3. The first-order valence-electron chi connectivity index (χ1n) is 7.94. The molecule has 0 bridgehead atoms. The van der Waals surface area contributed by atoms with Gasteiger partial charge in [-0.25, -0.2) is 0 Å². The van der Waals surface area contributed by atoms with Crippen molar-refractivity contribution in [3.05, 3.63) is 42.2 Å². The first-order chi connectivity index (χ1) is 10.6. The number of hydrogen-bond donors (Lipinski definition) is 2. The van der Waals surface area contributed by atoms with E-state index in [9.17, 15) is 4.79 Å². The molecule has 4 nitrogen and oxygen atoms in total. The predicted octanol–water partition coefficient (Wildman–Crippen LogP) is 2.05. The van der Waals surface area contributed by atoms with E-state index in [1.807, 2.05) is 32.2 Å². The summed E-state index contributed by atoms with van der Waals surface area (Å²) in [5.74, 6) is 1.46. The van der Waals surface area contributed by atoms with Gasteiger partial charge in [-0.05, 0) is 50.2 Å². The Balaban J connectivity index is 1.55. The Labute approximate surface area is 130 Å². The smallest absolute Gasteiger partial charge is 0.224 e. The molecule has 2 aliphatic rings. The number of benzene rings is 1. The highest BCUT2D eigenvalue weighted by Gasteiger charge is 2.57. The molecular formula is C18H21N3O. The lowest BCUT2D eigenvalue weighted by Gasteiger charge is -2.26. The molecule has 114 valence electrons. The molecule has 2 unspecified atom stereocenters. The fraction of sp³-hybridized carbons (Fsp3) is 0.444. The highest BCUT2D eigenvalue weighted by atomic mass is 16.2. The molecule has 0 radical (unpaired) electrons. The van der Waals surface area contributed by atoms with Crippen LogP contribution in [0.15, 0.2) is 36.5 Å². The number of pyridine rings is 1. The zero-order valence-electron chi connectivity index (χ0n) is 13.0. The van der Waals surface area contributed by atoms with Crippen LogP contribution in [0.1, 0.15) is 19.5 Å². The summed E-state index contributed by atoms with van der Waals surface area (Å²) in [7, 11) is 0. The standard InChI is InChI=1S/C18H21N3O/c1-18(2,21-17(22)16-13-9-19-10-14(13)16)15-7-11-5-3-4-6-12(11)8-20-15/h3-8,13-14,16,19H,9-10H2,1-2H3,(H,21,22). The van der Waals surface area contributed by atoms with E-state index < -0.39 is 5.54 Å². The molecule has 0 spiro atoms. The van der Waals surface area contributed by atoms with Gasteiger partial charge in [0, 0.05) is 17.5 Å². The third-order valence-electron chi connectivity index (χ3n) is 5.10. The monoisotopic (exact) mass is 295 g/mol. The van der Waals surface area contributed by atoms with Crippen molar-refractivity contribution >= 4 is 16.7 Å². The minimum Gasteiger partial charge on any atom is -0.345 e. The number of carbonyl (C=O) groups excluding carboxylic acids is 1. The number of fused-ring (bicyclic) bond motifs is 2. The molecule has 2 aromatic rings. The number of piperidine rings is 1. The lowest BCUT2D eigenvalue weighted by atomic mass is 9.97. The average molecular weight is 295 g/mol. The molecule has 2 heterocycles. The summed E-state index contributed by atoms with van der Waals surface area (Å²) in [6, 6.07) is 10.2. The summed E-state index contributed by atoms with van der Waals surface area (Å²) in [5.41, 5.74) is 0.453. The molecule has 1 amide bonds. The maximum Gasteiger partial charge on any atom is 0.224 e. The molecular weight excluding hydrogens is 274 g/mol. The van der Waals surface area contributed by atoms with E-state index in [4.69, 9.17) is 0 Å². The molecule has 4 heteroatoms. The Hall–Kier alpha value is -1.94. The van der Waals surface area contributed by atoms with Crippen LogP contribution in [0.5, 0.6) is 0 Å². The molecule has 1 saturated carbocycles. The Bertz CT molecular complexity index is 730. The minimum absolute atomic E-state index is 0.177. The van der Waals surface area contributed by atoms with E-state index in [0.717, 1.165) is 29.6 Å².